The lowest BCUT2D eigenvalue weighted by Gasteiger charge is -2.12. The van der Waals surface area contributed by atoms with Crippen molar-refractivity contribution < 1.29 is 19.4 Å². The second kappa shape index (κ2) is 6.65. The summed E-state index contributed by atoms with van der Waals surface area (Å²) in [5.74, 6) is 0.301. The van der Waals surface area contributed by atoms with Crippen molar-refractivity contribution in [2.45, 2.75) is 13.3 Å². The van der Waals surface area contributed by atoms with Gasteiger partial charge in [0.25, 0.3) is 0 Å². The van der Waals surface area contributed by atoms with Gasteiger partial charge in [0, 0.05) is 0 Å². The molecule has 110 valence electrons. The van der Waals surface area contributed by atoms with E-state index in [1.54, 1.807) is 36.4 Å². The van der Waals surface area contributed by atoms with Gasteiger partial charge < -0.3 is 20.3 Å². The first kappa shape index (κ1) is 14.7. The van der Waals surface area contributed by atoms with Crippen LogP contribution in [0.5, 0.6) is 17.2 Å². The van der Waals surface area contributed by atoms with Crippen LogP contribution in [0.1, 0.15) is 23.7 Å². The van der Waals surface area contributed by atoms with Gasteiger partial charge in [-0.3, -0.25) is 0 Å². The highest BCUT2D eigenvalue weighted by molar-refractivity contribution is 5.93. The SMILES string of the molecule is CCCOc1ccc(Oc2c(N)cccc2C(=O)O)cc1. The summed E-state index contributed by atoms with van der Waals surface area (Å²) < 4.78 is 11.1. The zero-order valence-electron chi connectivity index (χ0n) is 11.7. The summed E-state index contributed by atoms with van der Waals surface area (Å²) in [6.07, 6.45) is 0.931. The molecule has 0 aromatic heterocycles. The number of carboxylic acid groups (broad SMARTS) is 1. The van der Waals surface area contributed by atoms with Gasteiger partial charge in [-0.05, 0) is 42.8 Å². The molecular weight excluding hydrogens is 270 g/mol. The van der Waals surface area contributed by atoms with Crippen LogP contribution in [0.4, 0.5) is 5.69 Å². The van der Waals surface area contributed by atoms with E-state index in [0.717, 1.165) is 12.2 Å². The number of aromatic carboxylic acids is 1. The van der Waals surface area contributed by atoms with E-state index >= 15 is 0 Å². The van der Waals surface area contributed by atoms with Gasteiger partial charge in [-0.25, -0.2) is 4.79 Å². The Labute approximate surface area is 122 Å². The molecule has 0 amide bonds. The Hall–Kier alpha value is -2.69. The largest absolute Gasteiger partial charge is 0.494 e. The van der Waals surface area contributed by atoms with E-state index < -0.39 is 5.97 Å². The van der Waals surface area contributed by atoms with Crippen LogP contribution in [0.3, 0.4) is 0 Å². The van der Waals surface area contributed by atoms with Crippen LogP contribution in [0.2, 0.25) is 0 Å². The van der Waals surface area contributed by atoms with E-state index in [4.69, 9.17) is 20.3 Å². The summed E-state index contributed by atoms with van der Waals surface area (Å²) in [6.45, 7) is 2.68. The number of rotatable bonds is 6. The molecular formula is C16H17NO4. The summed E-state index contributed by atoms with van der Waals surface area (Å²) in [4.78, 5) is 11.2. The Morgan fingerprint density at radius 3 is 2.43 bits per heavy atom. The molecule has 0 saturated carbocycles. The normalized spacial score (nSPS) is 10.1. The molecule has 5 heteroatoms. The number of nitrogen functional groups attached to an aromatic ring is 1. The zero-order chi connectivity index (χ0) is 15.2. The predicted octanol–water partition coefficient (Wildman–Crippen LogP) is 3.55. The van der Waals surface area contributed by atoms with Crippen LogP contribution in [0.25, 0.3) is 0 Å². The van der Waals surface area contributed by atoms with Crippen LogP contribution in [-0.4, -0.2) is 17.7 Å². The number of para-hydroxylation sites is 1. The van der Waals surface area contributed by atoms with Crippen molar-refractivity contribution in [1.82, 2.24) is 0 Å². The molecule has 0 aliphatic carbocycles. The molecule has 5 nitrogen and oxygen atoms in total. The fraction of sp³-hybridized carbons (Fsp3) is 0.188. The number of carboxylic acids is 1. The maximum Gasteiger partial charge on any atom is 0.339 e. The lowest BCUT2D eigenvalue weighted by Crippen LogP contribution is -2.03. The molecule has 2 aromatic rings. The van der Waals surface area contributed by atoms with Crippen LogP contribution in [-0.2, 0) is 0 Å². The quantitative estimate of drug-likeness (QED) is 0.794. The minimum atomic E-state index is -1.08. The number of hydrogen-bond donors (Lipinski definition) is 2. The first-order chi connectivity index (χ1) is 10.1. The summed E-state index contributed by atoms with van der Waals surface area (Å²) in [7, 11) is 0. The maximum absolute atomic E-state index is 11.2. The van der Waals surface area contributed by atoms with Crippen LogP contribution < -0.4 is 15.2 Å². The number of nitrogens with two attached hydrogens (primary N) is 1. The molecule has 3 N–H and O–H groups in total. The molecule has 0 aliphatic rings. The van der Waals surface area contributed by atoms with Gasteiger partial charge in [0.1, 0.15) is 17.1 Å². The molecule has 0 atom stereocenters. The molecule has 0 saturated heterocycles. The third kappa shape index (κ3) is 3.66. The molecule has 0 radical (unpaired) electrons. The summed E-state index contributed by atoms with van der Waals surface area (Å²) in [6, 6.07) is 11.6. The van der Waals surface area contributed by atoms with Crippen molar-refractivity contribution in [2.24, 2.45) is 0 Å². The van der Waals surface area contributed by atoms with Gasteiger partial charge in [0.05, 0.1) is 12.3 Å². The smallest absolute Gasteiger partial charge is 0.339 e. The second-order valence-electron chi connectivity index (χ2n) is 4.45. The Morgan fingerprint density at radius 1 is 1.14 bits per heavy atom. The van der Waals surface area contributed by atoms with E-state index in [1.165, 1.54) is 6.07 Å². The van der Waals surface area contributed by atoms with Crippen molar-refractivity contribution in [3.63, 3.8) is 0 Å². The Bertz CT molecular complexity index is 623. The second-order valence-corrected chi connectivity index (χ2v) is 4.45. The number of carbonyl (C=O) groups is 1. The van der Waals surface area contributed by atoms with Crippen molar-refractivity contribution in [3.05, 3.63) is 48.0 Å². The van der Waals surface area contributed by atoms with E-state index in [2.05, 4.69) is 0 Å². The maximum atomic E-state index is 11.2. The molecule has 0 fully saturated rings. The predicted molar refractivity (Wildman–Crippen MR) is 80.1 cm³/mol. The topological polar surface area (TPSA) is 81.8 Å². The summed E-state index contributed by atoms with van der Waals surface area (Å²) in [5.41, 5.74) is 6.10. The standard InChI is InChI=1S/C16H17NO4/c1-2-10-20-11-6-8-12(9-7-11)21-15-13(16(18)19)4-3-5-14(15)17/h3-9H,2,10,17H2,1H3,(H,18,19). The Kier molecular flexibility index (Phi) is 4.66. The van der Waals surface area contributed by atoms with Crippen molar-refractivity contribution in [2.75, 3.05) is 12.3 Å². The summed E-state index contributed by atoms with van der Waals surface area (Å²) >= 11 is 0. The van der Waals surface area contributed by atoms with Gasteiger partial charge in [-0.15, -0.1) is 0 Å². The molecule has 2 rings (SSSR count). The monoisotopic (exact) mass is 287 g/mol. The summed E-state index contributed by atoms with van der Waals surface area (Å²) in [5, 5.41) is 9.15. The lowest BCUT2D eigenvalue weighted by molar-refractivity contribution is 0.0694. The van der Waals surface area contributed by atoms with E-state index in [-0.39, 0.29) is 17.0 Å². The molecule has 0 aliphatic heterocycles. The average Bonchev–Trinajstić information content (AvgIpc) is 2.48. The van der Waals surface area contributed by atoms with Crippen LogP contribution >= 0.6 is 0 Å². The zero-order valence-corrected chi connectivity index (χ0v) is 11.7. The van der Waals surface area contributed by atoms with Crippen molar-refractivity contribution in [1.29, 1.82) is 0 Å². The fourth-order valence-corrected chi connectivity index (χ4v) is 1.78. The fourth-order valence-electron chi connectivity index (χ4n) is 1.78. The van der Waals surface area contributed by atoms with Gasteiger partial charge in [-0.1, -0.05) is 13.0 Å². The lowest BCUT2D eigenvalue weighted by atomic mass is 10.1. The molecule has 21 heavy (non-hydrogen) atoms. The van der Waals surface area contributed by atoms with Gasteiger partial charge >= 0.3 is 5.97 Å². The van der Waals surface area contributed by atoms with Crippen molar-refractivity contribution in [3.8, 4) is 17.2 Å². The third-order valence-electron chi connectivity index (χ3n) is 2.79. The van der Waals surface area contributed by atoms with Crippen LogP contribution in [0, 0.1) is 0 Å². The minimum absolute atomic E-state index is 0.0290. The molecule has 0 heterocycles. The molecule has 0 spiro atoms. The number of anilines is 1. The first-order valence-electron chi connectivity index (χ1n) is 6.64. The Morgan fingerprint density at radius 2 is 1.81 bits per heavy atom. The van der Waals surface area contributed by atoms with E-state index in [1.807, 2.05) is 6.92 Å². The highest BCUT2D eigenvalue weighted by Crippen LogP contribution is 2.32. The van der Waals surface area contributed by atoms with Crippen LogP contribution in [0.15, 0.2) is 42.5 Å². The average molecular weight is 287 g/mol. The molecule has 2 aromatic carbocycles. The Balaban J connectivity index is 2.20. The van der Waals surface area contributed by atoms with Gasteiger partial charge in [0.15, 0.2) is 5.75 Å². The highest BCUT2D eigenvalue weighted by Gasteiger charge is 2.14. The number of ether oxygens (including phenoxy) is 2. The molecule has 0 bridgehead atoms. The van der Waals surface area contributed by atoms with Crippen molar-refractivity contribution >= 4 is 11.7 Å². The highest BCUT2D eigenvalue weighted by atomic mass is 16.5. The van der Waals surface area contributed by atoms with Gasteiger partial charge in [-0.2, -0.15) is 0 Å². The number of hydrogen-bond acceptors (Lipinski definition) is 4. The molecule has 0 unspecified atom stereocenters. The van der Waals surface area contributed by atoms with E-state index in [9.17, 15) is 4.79 Å². The van der Waals surface area contributed by atoms with E-state index in [0.29, 0.717) is 12.4 Å². The number of benzene rings is 2. The first-order valence-corrected chi connectivity index (χ1v) is 6.64. The van der Waals surface area contributed by atoms with Gasteiger partial charge in [0.2, 0.25) is 0 Å². The minimum Gasteiger partial charge on any atom is -0.494 e. The third-order valence-corrected chi connectivity index (χ3v) is 2.79.